The largest absolute Gasteiger partial charge is 0.373 e. The molecule has 3 heterocycles. The molecule has 0 aromatic heterocycles. The maximum atomic E-state index is 12.9. The van der Waals surface area contributed by atoms with Crippen molar-refractivity contribution >= 4 is 11.8 Å². The van der Waals surface area contributed by atoms with Crippen molar-refractivity contribution in [2.75, 3.05) is 19.7 Å². The van der Waals surface area contributed by atoms with Crippen LogP contribution in [0.4, 0.5) is 0 Å². The summed E-state index contributed by atoms with van der Waals surface area (Å²) in [4.78, 5) is 29.3. The smallest absolute Gasteiger partial charge is 0.246 e. The standard InChI is InChI=1S/C16H26N2O3/c1-11(2)13-15(20)17-8-4-6-12(17)14(19)18(13)10-16(3)7-5-9-21-16/h11-13H,4-10H2,1-3H3. The molecule has 0 aliphatic carbocycles. The average Bonchev–Trinajstić information content (AvgIpc) is 3.04. The van der Waals surface area contributed by atoms with Crippen LogP contribution in [0.3, 0.4) is 0 Å². The third kappa shape index (κ3) is 2.45. The lowest BCUT2D eigenvalue weighted by Crippen LogP contribution is -2.66. The van der Waals surface area contributed by atoms with Crippen LogP contribution < -0.4 is 0 Å². The second-order valence-corrected chi connectivity index (χ2v) is 7.25. The van der Waals surface area contributed by atoms with E-state index in [9.17, 15) is 9.59 Å². The Bertz CT molecular complexity index is 443. The van der Waals surface area contributed by atoms with Gasteiger partial charge in [-0.1, -0.05) is 13.8 Å². The van der Waals surface area contributed by atoms with E-state index in [0.29, 0.717) is 6.54 Å². The molecular weight excluding hydrogens is 268 g/mol. The van der Waals surface area contributed by atoms with Gasteiger partial charge in [-0.25, -0.2) is 0 Å². The predicted molar refractivity (Wildman–Crippen MR) is 78.7 cm³/mol. The zero-order valence-corrected chi connectivity index (χ0v) is 13.3. The van der Waals surface area contributed by atoms with Crippen LogP contribution in [0, 0.1) is 5.92 Å². The summed E-state index contributed by atoms with van der Waals surface area (Å²) in [5.74, 6) is 0.393. The van der Waals surface area contributed by atoms with Crippen LogP contribution in [0.15, 0.2) is 0 Å². The van der Waals surface area contributed by atoms with Crippen LogP contribution >= 0.6 is 0 Å². The summed E-state index contributed by atoms with van der Waals surface area (Å²) >= 11 is 0. The Morgan fingerprint density at radius 3 is 2.67 bits per heavy atom. The van der Waals surface area contributed by atoms with E-state index in [4.69, 9.17) is 4.74 Å². The van der Waals surface area contributed by atoms with E-state index < -0.39 is 0 Å². The Labute approximate surface area is 126 Å². The summed E-state index contributed by atoms with van der Waals surface area (Å²) in [6.07, 6.45) is 3.75. The molecule has 0 aromatic rings. The number of nitrogens with zero attached hydrogens (tertiary/aromatic N) is 2. The molecule has 2 amide bonds. The van der Waals surface area contributed by atoms with Crippen LogP contribution in [0.1, 0.15) is 46.5 Å². The van der Waals surface area contributed by atoms with Crippen molar-refractivity contribution in [1.29, 1.82) is 0 Å². The normalized spacial score (nSPS) is 36.8. The number of carbonyl (C=O) groups is 2. The lowest BCUT2D eigenvalue weighted by atomic mass is 9.92. The van der Waals surface area contributed by atoms with Gasteiger partial charge in [-0.3, -0.25) is 9.59 Å². The molecule has 5 nitrogen and oxygen atoms in total. The highest BCUT2D eigenvalue weighted by Crippen LogP contribution is 2.33. The van der Waals surface area contributed by atoms with Gasteiger partial charge in [-0.05, 0) is 38.5 Å². The second-order valence-electron chi connectivity index (χ2n) is 7.25. The molecule has 21 heavy (non-hydrogen) atoms. The van der Waals surface area contributed by atoms with E-state index >= 15 is 0 Å². The van der Waals surface area contributed by atoms with Crippen molar-refractivity contribution in [2.45, 2.75) is 64.1 Å². The van der Waals surface area contributed by atoms with E-state index in [2.05, 4.69) is 6.92 Å². The number of hydrogen-bond acceptors (Lipinski definition) is 3. The van der Waals surface area contributed by atoms with Crippen LogP contribution in [0.5, 0.6) is 0 Å². The van der Waals surface area contributed by atoms with Gasteiger partial charge in [0.15, 0.2) is 0 Å². The molecule has 0 radical (unpaired) electrons. The Kier molecular flexibility index (Phi) is 3.72. The maximum absolute atomic E-state index is 12.9. The molecule has 0 aromatic carbocycles. The Morgan fingerprint density at radius 2 is 2.05 bits per heavy atom. The molecule has 3 aliphatic heterocycles. The number of rotatable bonds is 3. The molecule has 0 spiro atoms. The molecule has 0 bridgehead atoms. The number of amides is 2. The minimum atomic E-state index is -0.326. The number of hydrogen-bond donors (Lipinski definition) is 0. The Balaban J connectivity index is 1.87. The van der Waals surface area contributed by atoms with Gasteiger partial charge in [-0.2, -0.15) is 0 Å². The summed E-state index contributed by atoms with van der Waals surface area (Å²) in [6, 6.07) is -0.551. The molecule has 5 heteroatoms. The van der Waals surface area contributed by atoms with Gasteiger partial charge >= 0.3 is 0 Å². The summed E-state index contributed by atoms with van der Waals surface area (Å²) in [5.41, 5.74) is -0.288. The van der Waals surface area contributed by atoms with Crippen molar-refractivity contribution in [3.05, 3.63) is 0 Å². The van der Waals surface area contributed by atoms with Gasteiger partial charge in [0.05, 0.1) is 12.1 Å². The van der Waals surface area contributed by atoms with E-state index in [-0.39, 0.29) is 35.4 Å². The molecule has 3 atom stereocenters. The summed E-state index contributed by atoms with van der Waals surface area (Å²) in [6.45, 7) is 8.16. The SMILES string of the molecule is CC(C)C1C(=O)N2CCCC2C(=O)N1CC1(C)CCCO1. The Hall–Kier alpha value is -1.10. The third-order valence-corrected chi connectivity index (χ3v) is 5.13. The number of carbonyl (C=O) groups excluding carboxylic acids is 2. The number of fused-ring (bicyclic) bond motifs is 1. The van der Waals surface area contributed by atoms with Crippen molar-refractivity contribution in [3.8, 4) is 0 Å². The topological polar surface area (TPSA) is 49.9 Å². The van der Waals surface area contributed by atoms with E-state index in [0.717, 1.165) is 38.8 Å². The molecule has 0 saturated carbocycles. The van der Waals surface area contributed by atoms with Crippen LogP contribution in [0.25, 0.3) is 0 Å². The van der Waals surface area contributed by atoms with E-state index in [1.54, 1.807) is 4.90 Å². The van der Waals surface area contributed by atoms with Crippen LogP contribution in [0.2, 0.25) is 0 Å². The third-order valence-electron chi connectivity index (χ3n) is 5.13. The fourth-order valence-electron chi connectivity index (χ4n) is 4.06. The minimum absolute atomic E-state index is 0.127. The molecule has 3 fully saturated rings. The highest BCUT2D eigenvalue weighted by Gasteiger charge is 2.50. The van der Waals surface area contributed by atoms with Crippen molar-refractivity contribution in [1.82, 2.24) is 9.80 Å². The first-order valence-corrected chi connectivity index (χ1v) is 8.18. The molecule has 3 aliphatic rings. The lowest BCUT2D eigenvalue weighted by Gasteiger charge is -2.46. The van der Waals surface area contributed by atoms with E-state index in [1.165, 1.54) is 0 Å². The van der Waals surface area contributed by atoms with Gasteiger partial charge in [0.1, 0.15) is 12.1 Å². The molecule has 3 unspecified atom stereocenters. The number of piperazine rings is 1. The summed E-state index contributed by atoms with van der Waals surface area (Å²) in [5, 5.41) is 0. The second kappa shape index (κ2) is 5.27. The first kappa shape index (κ1) is 14.8. The fourth-order valence-corrected chi connectivity index (χ4v) is 4.06. The zero-order valence-electron chi connectivity index (χ0n) is 13.3. The van der Waals surface area contributed by atoms with Gasteiger partial charge in [0, 0.05) is 13.2 Å². The number of ether oxygens (including phenoxy) is 1. The zero-order chi connectivity index (χ0) is 15.2. The molecular formula is C16H26N2O3. The quantitative estimate of drug-likeness (QED) is 0.791. The molecule has 3 rings (SSSR count). The predicted octanol–water partition coefficient (Wildman–Crippen LogP) is 1.41. The highest BCUT2D eigenvalue weighted by atomic mass is 16.5. The first-order chi connectivity index (χ1) is 9.93. The van der Waals surface area contributed by atoms with Crippen LogP contribution in [-0.2, 0) is 14.3 Å². The Morgan fingerprint density at radius 1 is 1.29 bits per heavy atom. The van der Waals surface area contributed by atoms with Crippen molar-refractivity contribution in [3.63, 3.8) is 0 Å². The van der Waals surface area contributed by atoms with E-state index in [1.807, 2.05) is 18.7 Å². The van der Waals surface area contributed by atoms with Gasteiger partial charge in [0.25, 0.3) is 0 Å². The molecule has 3 saturated heterocycles. The summed E-state index contributed by atoms with van der Waals surface area (Å²) in [7, 11) is 0. The van der Waals surface area contributed by atoms with Gasteiger partial charge in [0.2, 0.25) is 11.8 Å². The first-order valence-electron chi connectivity index (χ1n) is 8.18. The maximum Gasteiger partial charge on any atom is 0.246 e. The summed E-state index contributed by atoms with van der Waals surface area (Å²) < 4.78 is 5.85. The highest BCUT2D eigenvalue weighted by molar-refractivity contribution is 5.97. The fraction of sp³-hybridized carbons (Fsp3) is 0.875. The lowest BCUT2D eigenvalue weighted by molar-refractivity contribution is -0.165. The van der Waals surface area contributed by atoms with Gasteiger partial charge < -0.3 is 14.5 Å². The molecule has 0 N–H and O–H groups in total. The van der Waals surface area contributed by atoms with Crippen molar-refractivity contribution in [2.24, 2.45) is 5.92 Å². The van der Waals surface area contributed by atoms with Crippen LogP contribution in [-0.4, -0.2) is 59.0 Å². The van der Waals surface area contributed by atoms with Crippen molar-refractivity contribution < 1.29 is 14.3 Å². The molecule has 118 valence electrons. The minimum Gasteiger partial charge on any atom is -0.373 e. The average molecular weight is 294 g/mol. The monoisotopic (exact) mass is 294 g/mol. The van der Waals surface area contributed by atoms with Gasteiger partial charge in [-0.15, -0.1) is 0 Å².